The molecule has 0 saturated heterocycles. The van der Waals surface area contributed by atoms with E-state index in [-0.39, 0.29) is 5.56 Å². The highest BCUT2D eigenvalue weighted by Crippen LogP contribution is 2.09. The summed E-state index contributed by atoms with van der Waals surface area (Å²) in [5.74, 6) is -1.14. The smallest absolute Gasteiger partial charge is 0.328 e. The van der Waals surface area contributed by atoms with Crippen LogP contribution in [-0.2, 0) is 9.53 Å². The van der Waals surface area contributed by atoms with E-state index in [2.05, 4.69) is 10.3 Å². The summed E-state index contributed by atoms with van der Waals surface area (Å²) in [5, 5.41) is 2.49. The quantitative estimate of drug-likeness (QED) is 0.826. The van der Waals surface area contributed by atoms with E-state index in [9.17, 15) is 14.4 Å². The minimum Gasteiger partial charge on any atom is -0.458 e. The number of nitrogens with one attached hydrogen (secondary N) is 2. The summed E-state index contributed by atoms with van der Waals surface area (Å²) in [4.78, 5) is 38.4. The lowest BCUT2D eigenvalue weighted by atomic mass is 10.1. The summed E-state index contributed by atoms with van der Waals surface area (Å²) in [6.07, 6.45) is 0. The maximum Gasteiger partial charge on any atom is 0.328 e. The summed E-state index contributed by atoms with van der Waals surface area (Å²) < 4.78 is 5.18. The molecule has 0 aliphatic carbocycles. The highest BCUT2D eigenvalue weighted by molar-refractivity contribution is 5.97. The molecule has 0 radical (unpaired) electrons. The summed E-state index contributed by atoms with van der Waals surface area (Å²) in [6.45, 7) is 10.2. The molecule has 2 N–H and O–H groups in total. The lowest BCUT2D eigenvalue weighted by molar-refractivity contribution is -0.156. The Morgan fingerprint density at radius 3 is 2.33 bits per heavy atom. The summed E-state index contributed by atoms with van der Waals surface area (Å²) in [7, 11) is 0. The van der Waals surface area contributed by atoms with Crippen LogP contribution >= 0.6 is 0 Å². The Bertz CT molecular complexity index is 611. The van der Waals surface area contributed by atoms with Crippen LogP contribution in [0.2, 0.25) is 0 Å². The molecule has 21 heavy (non-hydrogen) atoms. The SMILES string of the molecule is Cc1cc(C)c(C(=O)N[C@@H](C)C(=O)OC(C)(C)C)c(=O)[nH]1. The van der Waals surface area contributed by atoms with E-state index < -0.39 is 29.1 Å². The van der Waals surface area contributed by atoms with Gasteiger partial charge in [0.25, 0.3) is 11.5 Å². The number of aryl methyl sites for hydroxylation is 2. The lowest BCUT2D eigenvalue weighted by Crippen LogP contribution is -2.43. The molecular formula is C15H22N2O4. The molecule has 1 amide bonds. The van der Waals surface area contributed by atoms with Crippen molar-refractivity contribution in [2.24, 2.45) is 0 Å². The number of aromatic amines is 1. The van der Waals surface area contributed by atoms with Gasteiger partial charge in [0.1, 0.15) is 17.2 Å². The highest BCUT2D eigenvalue weighted by Gasteiger charge is 2.24. The van der Waals surface area contributed by atoms with Crippen molar-refractivity contribution in [1.82, 2.24) is 10.3 Å². The van der Waals surface area contributed by atoms with E-state index in [4.69, 9.17) is 4.74 Å². The third-order valence-corrected chi connectivity index (χ3v) is 2.70. The van der Waals surface area contributed by atoms with Gasteiger partial charge in [-0.25, -0.2) is 4.79 Å². The van der Waals surface area contributed by atoms with Crippen LogP contribution in [0, 0.1) is 13.8 Å². The fraction of sp³-hybridized carbons (Fsp3) is 0.533. The number of ether oxygens (including phenoxy) is 1. The van der Waals surface area contributed by atoms with E-state index in [0.29, 0.717) is 11.3 Å². The number of pyridine rings is 1. The normalized spacial score (nSPS) is 12.7. The van der Waals surface area contributed by atoms with Crippen molar-refractivity contribution in [1.29, 1.82) is 0 Å². The first-order valence-corrected chi connectivity index (χ1v) is 6.75. The third kappa shape index (κ3) is 4.73. The second-order valence-electron chi connectivity index (χ2n) is 6.07. The molecule has 0 spiro atoms. The lowest BCUT2D eigenvalue weighted by Gasteiger charge is -2.22. The van der Waals surface area contributed by atoms with Gasteiger partial charge in [0, 0.05) is 5.69 Å². The fourth-order valence-electron chi connectivity index (χ4n) is 1.85. The largest absolute Gasteiger partial charge is 0.458 e. The zero-order valence-electron chi connectivity index (χ0n) is 13.3. The van der Waals surface area contributed by atoms with Crippen LogP contribution in [0.4, 0.5) is 0 Å². The van der Waals surface area contributed by atoms with Crippen molar-refractivity contribution in [3.63, 3.8) is 0 Å². The predicted octanol–water partition coefficient (Wildman–Crippen LogP) is 1.45. The van der Waals surface area contributed by atoms with Gasteiger partial charge in [-0.05, 0) is 53.2 Å². The minimum absolute atomic E-state index is 0.0102. The molecule has 0 unspecified atom stereocenters. The van der Waals surface area contributed by atoms with Crippen molar-refractivity contribution >= 4 is 11.9 Å². The van der Waals surface area contributed by atoms with Crippen molar-refractivity contribution in [2.75, 3.05) is 0 Å². The zero-order valence-corrected chi connectivity index (χ0v) is 13.3. The number of aromatic nitrogens is 1. The third-order valence-electron chi connectivity index (χ3n) is 2.70. The Morgan fingerprint density at radius 1 is 1.29 bits per heavy atom. The Labute approximate surface area is 123 Å². The van der Waals surface area contributed by atoms with E-state index in [1.807, 2.05) is 0 Å². The van der Waals surface area contributed by atoms with Crippen molar-refractivity contribution in [3.8, 4) is 0 Å². The zero-order chi connectivity index (χ0) is 16.4. The maximum atomic E-state index is 12.1. The first-order chi connectivity index (χ1) is 9.51. The van der Waals surface area contributed by atoms with Gasteiger partial charge < -0.3 is 15.0 Å². The van der Waals surface area contributed by atoms with Crippen molar-refractivity contribution in [2.45, 2.75) is 53.2 Å². The molecule has 1 heterocycles. The van der Waals surface area contributed by atoms with Gasteiger partial charge in [0.2, 0.25) is 0 Å². The van der Waals surface area contributed by atoms with Gasteiger partial charge in [0.15, 0.2) is 0 Å². The summed E-state index contributed by atoms with van der Waals surface area (Å²) >= 11 is 0. The van der Waals surface area contributed by atoms with Crippen LogP contribution in [-0.4, -0.2) is 28.5 Å². The number of rotatable bonds is 3. The maximum absolute atomic E-state index is 12.1. The fourth-order valence-corrected chi connectivity index (χ4v) is 1.85. The molecule has 0 bridgehead atoms. The number of amides is 1. The number of hydrogen-bond acceptors (Lipinski definition) is 4. The molecule has 6 heteroatoms. The molecular weight excluding hydrogens is 272 g/mol. The molecule has 1 aromatic heterocycles. The summed E-state index contributed by atoms with van der Waals surface area (Å²) in [6, 6.07) is 0.867. The molecule has 0 aliphatic rings. The van der Waals surface area contributed by atoms with Gasteiger partial charge in [-0.3, -0.25) is 9.59 Å². The number of carbonyl (C=O) groups is 2. The number of H-pyrrole nitrogens is 1. The Morgan fingerprint density at radius 2 is 1.86 bits per heavy atom. The first-order valence-electron chi connectivity index (χ1n) is 6.75. The van der Waals surface area contributed by atoms with Crippen LogP contribution in [0.1, 0.15) is 49.3 Å². The van der Waals surface area contributed by atoms with Gasteiger partial charge in [-0.15, -0.1) is 0 Å². The predicted molar refractivity (Wildman–Crippen MR) is 79.3 cm³/mol. The molecule has 116 valence electrons. The van der Waals surface area contributed by atoms with E-state index in [1.165, 1.54) is 6.92 Å². The standard InChI is InChI=1S/C15H22N2O4/c1-8-7-9(2)16-12(18)11(8)13(19)17-10(3)14(20)21-15(4,5)6/h7,10H,1-6H3,(H,16,18)(H,17,19)/t10-/m0/s1. The van der Waals surface area contributed by atoms with Crippen LogP contribution in [0.25, 0.3) is 0 Å². The second-order valence-corrected chi connectivity index (χ2v) is 6.07. The topological polar surface area (TPSA) is 88.3 Å². The van der Waals surface area contributed by atoms with Crippen LogP contribution in [0.5, 0.6) is 0 Å². The van der Waals surface area contributed by atoms with Gasteiger partial charge in [-0.2, -0.15) is 0 Å². The molecule has 0 saturated carbocycles. The van der Waals surface area contributed by atoms with Crippen LogP contribution in [0.15, 0.2) is 10.9 Å². The first kappa shape index (κ1) is 16.9. The van der Waals surface area contributed by atoms with Crippen LogP contribution in [0.3, 0.4) is 0 Å². The second kappa shape index (κ2) is 6.11. The summed E-state index contributed by atoms with van der Waals surface area (Å²) in [5.41, 5.74) is 0.143. The Kier molecular flexibility index (Phi) is 4.93. The number of esters is 1. The Hall–Kier alpha value is -2.11. The van der Waals surface area contributed by atoms with Crippen LogP contribution < -0.4 is 10.9 Å². The van der Waals surface area contributed by atoms with Gasteiger partial charge >= 0.3 is 5.97 Å². The Balaban J connectivity index is 2.87. The van der Waals surface area contributed by atoms with Crippen molar-refractivity contribution in [3.05, 3.63) is 33.2 Å². The molecule has 0 fully saturated rings. The van der Waals surface area contributed by atoms with E-state index in [1.54, 1.807) is 40.7 Å². The molecule has 1 aromatic rings. The average Bonchev–Trinajstić information content (AvgIpc) is 2.24. The molecule has 0 aromatic carbocycles. The molecule has 1 rings (SSSR count). The highest BCUT2D eigenvalue weighted by atomic mass is 16.6. The minimum atomic E-state index is -0.836. The monoisotopic (exact) mass is 294 g/mol. The number of hydrogen-bond donors (Lipinski definition) is 2. The van der Waals surface area contributed by atoms with Gasteiger partial charge in [-0.1, -0.05) is 0 Å². The van der Waals surface area contributed by atoms with Gasteiger partial charge in [0.05, 0.1) is 0 Å². The average molecular weight is 294 g/mol. The number of carbonyl (C=O) groups excluding carboxylic acids is 2. The van der Waals surface area contributed by atoms with E-state index >= 15 is 0 Å². The van der Waals surface area contributed by atoms with Crippen molar-refractivity contribution < 1.29 is 14.3 Å². The molecule has 6 nitrogen and oxygen atoms in total. The molecule has 0 aliphatic heterocycles. The van der Waals surface area contributed by atoms with E-state index in [0.717, 1.165) is 0 Å². The molecule has 1 atom stereocenters.